The van der Waals surface area contributed by atoms with Gasteiger partial charge in [-0.3, -0.25) is 0 Å². The number of fused-ring (bicyclic) bond motifs is 1. The van der Waals surface area contributed by atoms with Crippen molar-refractivity contribution in [1.29, 1.82) is 0 Å². The van der Waals surface area contributed by atoms with E-state index in [-0.39, 0.29) is 1.43 Å². The van der Waals surface area contributed by atoms with Crippen molar-refractivity contribution in [3.05, 3.63) is 54.0 Å². The average Bonchev–Trinajstić information content (AvgIpc) is 2.86. The van der Waals surface area contributed by atoms with Crippen LogP contribution in [0.5, 0.6) is 5.88 Å². The molecule has 0 unspecified atom stereocenters. The van der Waals surface area contributed by atoms with Crippen LogP contribution in [-0.4, -0.2) is 21.6 Å². The lowest BCUT2D eigenvalue weighted by Gasteiger charge is -2.00. The Morgan fingerprint density at radius 1 is 1.29 bits per heavy atom. The molecular weight excluding hydrogens is 262 g/mol. The first-order valence-electron chi connectivity index (χ1n) is 7.13. The third-order valence-corrected chi connectivity index (χ3v) is 3.01. The zero-order valence-electron chi connectivity index (χ0n) is 12.8. The lowest BCUT2D eigenvalue weighted by atomic mass is 10.2. The number of nitrogens with zero attached hydrogens (tertiary/aromatic N) is 2. The number of aromatic amines is 1. The minimum Gasteiger partial charge on any atom is -0.477 e. The van der Waals surface area contributed by atoms with E-state index in [1.54, 1.807) is 0 Å². The molecule has 4 heteroatoms. The molecule has 2 aromatic heterocycles. The topological polar surface area (TPSA) is 50.8 Å². The van der Waals surface area contributed by atoms with Gasteiger partial charge in [0.1, 0.15) is 12.0 Å². The van der Waals surface area contributed by atoms with Gasteiger partial charge in [-0.2, -0.15) is 0 Å². The molecule has 1 aliphatic carbocycles. The van der Waals surface area contributed by atoms with Crippen molar-refractivity contribution in [2.45, 2.75) is 27.2 Å². The van der Waals surface area contributed by atoms with Gasteiger partial charge >= 0.3 is 0 Å². The number of nitrogens with one attached hydrogen (secondary N) is 1. The standard InChI is InChI=1S/C9H12.C8H9N3O.H2/c1-8-5-3-4-6-9(2)7-8;1-2-12-8-6-3-4-9-7(6)10-5-11-8;/h3,5-7H,4H2,1-2H3;3-5H,2H2,1H3,(H,9,10,11);1H. The van der Waals surface area contributed by atoms with E-state index in [0.717, 1.165) is 17.5 Å². The van der Waals surface area contributed by atoms with Crippen LogP contribution in [0.3, 0.4) is 0 Å². The highest BCUT2D eigenvalue weighted by Gasteiger charge is 2.03. The molecule has 0 amide bonds. The molecule has 0 radical (unpaired) electrons. The number of rotatable bonds is 2. The zero-order chi connectivity index (χ0) is 15.1. The molecule has 2 heterocycles. The molecule has 112 valence electrons. The number of allylic oxidation sites excluding steroid dienone is 6. The molecule has 1 aliphatic rings. The summed E-state index contributed by atoms with van der Waals surface area (Å²) in [6.45, 7) is 6.81. The van der Waals surface area contributed by atoms with Crippen molar-refractivity contribution in [2.75, 3.05) is 6.61 Å². The molecule has 21 heavy (non-hydrogen) atoms. The van der Waals surface area contributed by atoms with E-state index in [1.807, 2.05) is 19.2 Å². The first-order chi connectivity index (χ1) is 10.2. The van der Waals surface area contributed by atoms with E-state index in [0.29, 0.717) is 12.5 Å². The highest BCUT2D eigenvalue weighted by Crippen LogP contribution is 2.19. The van der Waals surface area contributed by atoms with Crippen molar-refractivity contribution < 1.29 is 6.16 Å². The van der Waals surface area contributed by atoms with Crippen LogP contribution < -0.4 is 4.74 Å². The molecule has 0 spiro atoms. The Hall–Kier alpha value is -2.36. The second-order valence-electron chi connectivity index (χ2n) is 4.83. The van der Waals surface area contributed by atoms with E-state index in [2.05, 4.69) is 53.1 Å². The Morgan fingerprint density at radius 2 is 2.14 bits per heavy atom. The van der Waals surface area contributed by atoms with Gasteiger partial charge in [0.2, 0.25) is 5.88 Å². The van der Waals surface area contributed by atoms with Crippen LogP contribution >= 0.6 is 0 Å². The Bertz CT molecular complexity index is 686. The predicted molar refractivity (Wildman–Crippen MR) is 88.4 cm³/mol. The Morgan fingerprint density at radius 3 is 2.95 bits per heavy atom. The molecule has 0 aromatic carbocycles. The van der Waals surface area contributed by atoms with Crippen molar-refractivity contribution in [2.24, 2.45) is 0 Å². The van der Waals surface area contributed by atoms with Crippen LogP contribution in [-0.2, 0) is 0 Å². The highest BCUT2D eigenvalue weighted by molar-refractivity contribution is 5.80. The van der Waals surface area contributed by atoms with Gasteiger partial charge in [-0.15, -0.1) is 0 Å². The van der Waals surface area contributed by atoms with Gasteiger partial charge in [0.25, 0.3) is 0 Å². The molecule has 1 N–H and O–H groups in total. The number of ether oxygens (including phenoxy) is 1. The van der Waals surface area contributed by atoms with Gasteiger partial charge in [0.15, 0.2) is 0 Å². The highest BCUT2D eigenvalue weighted by atomic mass is 16.5. The normalized spacial score (nSPS) is 13.9. The van der Waals surface area contributed by atoms with Crippen molar-refractivity contribution in [3.8, 4) is 5.88 Å². The van der Waals surface area contributed by atoms with Crippen molar-refractivity contribution in [1.82, 2.24) is 15.0 Å². The summed E-state index contributed by atoms with van der Waals surface area (Å²) in [5.74, 6) is 0.642. The van der Waals surface area contributed by atoms with E-state index in [9.17, 15) is 0 Å². The Balaban J connectivity index is 0.000000219. The third-order valence-electron chi connectivity index (χ3n) is 3.01. The van der Waals surface area contributed by atoms with Crippen LogP contribution in [0.25, 0.3) is 11.0 Å². The molecule has 4 nitrogen and oxygen atoms in total. The molecule has 0 fully saturated rings. The Labute approximate surface area is 126 Å². The Kier molecular flexibility index (Phi) is 5.32. The number of aromatic nitrogens is 3. The largest absolute Gasteiger partial charge is 0.477 e. The zero-order valence-corrected chi connectivity index (χ0v) is 12.8. The van der Waals surface area contributed by atoms with Gasteiger partial charge in [0.05, 0.1) is 12.0 Å². The third kappa shape index (κ3) is 4.31. The first kappa shape index (κ1) is 15.0. The number of H-pyrrole nitrogens is 1. The second-order valence-corrected chi connectivity index (χ2v) is 4.83. The van der Waals surface area contributed by atoms with Crippen molar-refractivity contribution in [3.63, 3.8) is 0 Å². The van der Waals surface area contributed by atoms with Gasteiger partial charge in [0, 0.05) is 7.62 Å². The van der Waals surface area contributed by atoms with Gasteiger partial charge in [-0.1, -0.05) is 35.5 Å². The average molecular weight is 285 g/mol. The van der Waals surface area contributed by atoms with E-state index >= 15 is 0 Å². The van der Waals surface area contributed by atoms with Gasteiger partial charge in [-0.25, -0.2) is 9.97 Å². The van der Waals surface area contributed by atoms with Gasteiger partial charge in [-0.05, 0) is 33.3 Å². The summed E-state index contributed by atoms with van der Waals surface area (Å²) in [5.41, 5.74) is 3.53. The minimum atomic E-state index is 0. The molecule has 0 saturated carbocycles. The summed E-state index contributed by atoms with van der Waals surface area (Å²) in [4.78, 5) is 11.0. The summed E-state index contributed by atoms with van der Waals surface area (Å²) in [7, 11) is 0. The maximum absolute atomic E-state index is 5.31. The molecule has 0 aliphatic heterocycles. The van der Waals surface area contributed by atoms with Crippen molar-refractivity contribution >= 4 is 11.0 Å². The quantitative estimate of drug-likeness (QED) is 0.887. The fourth-order valence-corrected chi connectivity index (χ4v) is 2.07. The van der Waals surface area contributed by atoms with Gasteiger partial charge < -0.3 is 9.72 Å². The maximum Gasteiger partial charge on any atom is 0.226 e. The van der Waals surface area contributed by atoms with Crippen LogP contribution in [0.15, 0.2) is 54.0 Å². The van der Waals surface area contributed by atoms with Crippen LogP contribution in [0, 0.1) is 0 Å². The lowest BCUT2D eigenvalue weighted by Crippen LogP contribution is -1.95. The smallest absolute Gasteiger partial charge is 0.226 e. The van der Waals surface area contributed by atoms with E-state index in [1.165, 1.54) is 17.5 Å². The summed E-state index contributed by atoms with van der Waals surface area (Å²) < 4.78 is 5.31. The summed E-state index contributed by atoms with van der Waals surface area (Å²) in [6, 6.07) is 1.90. The number of hydrogen-bond donors (Lipinski definition) is 1. The monoisotopic (exact) mass is 285 g/mol. The predicted octanol–water partition coefficient (Wildman–Crippen LogP) is 4.44. The van der Waals surface area contributed by atoms with Crippen LogP contribution in [0.2, 0.25) is 0 Å². The second kappa shape index (κ2) is 7.43. The molecule has 2 aromatic rings. The number of hydrogen-bond acceptors (Lipinski definition) is 3. The summed E-state index contributed by atoms with van der Waals surface area (Å²) in [6.07, 6.45) is 13.2. The molecule has 3 rings (SSSR count). The van der Waals surface area contributed by atoms with Crippen LogP contribution in [0.4, 0.5) is 0 Å². The molecule has 0 saturated heterocycles. The van der Waals surface area contributed by atoms with E-state index in [4.69, 9.17) is 4.74 Å². The molecule has 0 atom stereocenters. The fourth-order valence-electron chi connectivity index (χ4n) is 2.07. The summed E-state index contributed by atoms with van der Waals surface area (Å²) >= 11 is 0. The molecular formula is C17H23N3O. The molecule has 0 bridgehead atoms. The van der Waals surface area contributed by atoms with E-state index < -0.39 is 0 Å². The first-order valence-corrected chi connectivity index (χ1v) is 7.13. The lowest BCUT2D eigenvalue weighted by molar-refractivity contribution is 0.331. The van der Waals surface area contributed by atoms with Crippen LogP contribution in [0.1, 0.15) is 28.6 Å². The maximum atomic E-state index is 5.31. The minimum absolute atomic E-state index is 0. The fraction of sp³-hybridized carbons (Fsp3) is 0.294. The summed E-state index contributed by atoms with van der Waals surface area (Å²) in [5, 5.41) is 0.930. The SMILES string of the molecule is CC1=CCC=CC(C)=C1.CCOc1ncnc2[nH]ccc12.[HH].